The Labute approximate surface area is 173 Å². The van der Waals surface area contributed by atoms with E-state index in [9.17, 15) is 19.1 Å². The molecule has 3 aromatic carbocycles. The Balaban J connectivity index is 1.73. The molecule has 30 heavy (non-hydrogen) atoms. The molecule has 2 atom stereocenters. The van der Waals surface area contributed by atoms with Crippen molar-refractivity contribution in [2.24, 2.45) is 4.99 Å². The predicted octanol–water partition coefficient (Wildman–Crippen LogP) is 5.27. The molecule has 0 spiro atoms. The zero-order valence-electron chi connectivity index (χ0n) is 16.0. The molecule has 0 radical (unpaired) electrons. The van der Waals surface area contributed by atoms with Crippen LogP contribution in [0.2, 0.25) is 0 Å². The largest absolute Gasteiger partial charge is 0.465 e. The summed E-state index contributed by atoms with van der Waals surface area (Å²) < 4.78 is 13.2. The zero-order chi connectivity index (χ0) is 21.1. The number of aliphatic imine (C=N–C) groups is 1. The van der Waals surface area contributed by atoms with Crippen LogP contribution in [-0.2, 0) is 0 Å². The maximum absolute atomic E-state index is 13.2. The Morgan fingerprint density at radius 3 is 2.00 bits per heavy atom. The number of Topliss-reactive ketones (excluding diaryl/α,β-unsaturated/α-hetero) is 1. The minimum Gasteiger partial charge on any atom is -0.465 e. The molecular formula is C24H19FN2O3. The zero-order valence-corrected chi connectivity index (χ0v) is 16.0. The summed E-state index contributed by atoms with van der Waals surface area (Å²) in [6, 6.07) is 22.8. The van der Waals surface area contributed by atoms with E-state index in [1.807, 2.05) is 60.7 Å². The van der Waals surface area contributed by atoms with Crippen molar-refractivity contribution < 1.29 is 19.1 Å². The Morgan fingerprint density at radius 2 is 1.43 bits per heavy atom. The lowest BCUT2D eigenvalue weighted by atomic mass is 9.94. The second-order valence-electron chi connectivity index (χ2n) is 7.02. The van der Waals surface area contributed by atoms with Gasteiger partial charge in [0.05, 0.1) is 12.5 Å². The smallest absolute Gasteiger partial charge is 0.413 e. The van der Waals surface area contributed by atoms with E-state index < -0.39 is 24.0 Å². The number of amidine groups is 1. The van der Waals surface area contributed by atoms with E-state index in [0.29, 0.717) is 5.56 Å². The lowest BCUT2D eigenvalue weighted by Crippen LogP contribution is -2.37. The number of halogens is 1. The molecule has 2 unspecified atom stereocenters. The van der Waals surface area contributed by atoms with Crippen LogP contribution in [0.4, 0.5) is 9.18 Å². The summed E-state index contributed by atoms with van der Waals surface area (Å²) in [5.41, 5.74) is 1.97. The SMILES string of the molecule is O=C(CC1=NC(c2ccccc2)C(c2ccccc2)N1C(=O)O)c1ccc(F)cc1. The lowest BCUT2D eigenvalue weighted by Gasteiger charge is -2.27. The first kappa shape index (κ1) is 19.5. The molecule has 1 N–H and O–H groups in total. The highest BCUT2D eigenvalue weighted by molar-refractivity contribution is 6.12. The normalized spacial score (nSPS) is 18.2. The van der Waals surface area contributed by atoms with E-state index in [2.05, 4.69) is 4.99 Å². The lowest BCUT2D eigenvalue weighted by molar-refractivity contribution is 0.0997. The standard InChI is InChI=1S/C24H19FN2O3/c25-19-13-11-16(12-14-19)20(28)15-21-26-22(17-7-3-1-4-8-17)23(27(21)24(29)30)18-9-5-2-6-10-18/h1-14,22-23H,15H2,(H,29,30). The molecule has 1 aliphatic rings. The van der Waals surface area contributed by atoms with Gasteiger partial charge in [-0.25, -0.2) is 9.18 Å². The van der Waals surface area contributed by atoms with Crippen molar-refractivity contribution in [1.29, 1.82) is 0 Å². The third kappa shape index (κ3) is 3.85. The number of hydrogen-bond acceptors (Lipinski definition) is 3. The van der Waals surface area contributed by atoms with Crippen molar-refractivity contribution in [2.75, 3.05) is 0 Å². The van der Waals surface area contributed by atoms with Gasteiger partial charge in [0.1, 0.15) is 17.7 Å². The molecule has 0 aliphatic carbocycles. The maximum atomic E-state index is 13.2. The van der Waals surface area contributed by atoms with Crippen molar-refractivity contribution in [2.45, 2.75) is 18.5 Å². The minimum absolute atomic E-state index is 0.180. The van der Waals surface area contributed by atoms with Gasteiger partial charge in [0.2, 0.25) is 0 Å². The highest BCUT2D eigenvalue weighted by Gasteiger charge is 2.42. The molecule has 0 bridgehead atoms. The Bertz CT molecular complexity index is 1080. The second-order valence-corrected chi connectivity index (χ2v) is 7.02. The molecule has 1 heterocycles. The number of carbonyl (C=O) groups excluding carboxylic acids is 1. The summed E-state index contributed by atoms with van der Waals surface area (Å²) >= 11 is 0. The Kier molecular flexibility index (Phi) is 5.39. The highest BCUT2D eigenvalue weighted by Crippen LogP contribution is 2.42. The molecule has 0 fully saturated rings. The summed E-state index contributed by atoms with van der Waals surface area (Å²) in [6.07, 6.45) is -1.36. The van der Waals surface area contributed by atoms with E-state index in [-0.39, 0.29) is 18.0 Å². The average Bonchev–Trinajstić information content (AvgIpc) is 3.15. The van der Waals surface area contributed by atoms with Crippen LogP contribution < -0.4 is 0 Å². The number of nitrogens with zero attached hydrogens (tertiary/aromatic N) is 2. The van der Waals surface area contributed by atoms with E-state index in [0.717, 1.165) is 11.1 Å². The fourth-order valence-corrected chi connectivity index (χ4v) is 3.73. The van der Waals surface area contributed by atoms with Crippen LogP contribution in [0.1, 0.15) is 40.0 Å². The summed E-state index contributed by atoms with van der Waals surface area (Å²) in [6.45, 7) is 0. The van der Waals surface area contributed by atoms with Gasteiger partial charge in [-0.1, -0.05) is 60.7 Å². The van der Waals surface area contributed by atoms with Gasteiger partial charge in [-0.3, -0.25) is 14.7 Å². The third-order valence-electron chi connectivity index (χ3n) is 5.12. The fourth-order valence-electron chi connectivity index (χ4n) is 3.73. The van der Waals surface area contributed by atoms with Gasteiger partial charge in [-0.05, 0) is 35.4 Å². The van der Waals surface area contributed by atoms with Crippen LogP contribution in [0.15, 0.2) is 89.9 Å². The molecule has 0 aromatic heterocycles. The van der Waals surface area contributed by atoms with E-state index in [1.54, 1.807) is 0 Å². The number of hydrogen-bond donors (Lipinski definition) is 1. The van der Waals surface area contributed by atoms with Gasteiger partial charge in [0, 0.05) is 5.56 Å². The number of benzene rings is 3. The molecule has 1 amide bonds. The van der Waals surface area contributed by atoms with Gasteiger partial charge in [-0.2, -0.15) is 0 Å². The highest BCUT2D eigenvalue weighted by atomic mass is 19.1. The molecule has 0 saturated heterocycles. The Morgan fingerprint density at radius 1 is 0.867 bits per heavy atom. The van der Waals surface area contributed by atoms with Crippen LogP contribution in [0.3, 0.4) is 0 Å². The van der Waals surface area contributed by atoms with Crippen LogP contribution in [0.5, 0.6) is 0 Å². The van der Waals surface area contributed by atoms with E-state index in [1.165, 1.54) is 29.2 Å². The van der Waals surface area contributed by atoms with Gasteiger partial charge in [0.15, 0.2) is 5.78 Å². The number of carbonyl (C=O) groups is 2. The summed E-state index contributed by atoms with van der Waals surface area (Å²) in [5.74, 6) is -0.578. The number of amides is 1. The molecule has 150 valence electrons. The number of rotatable bonds is 5. The van der Waals surface area contributed by atoms with Crippen LogP contribution in [-0.4, -0.2) is 27.7 Å². The number of ketones is 1. The average molecular weight is 402 g/mol. The summed E-state index contributed by atoms with van der Waals surface area (Å²) in [7, 11) is 0. The topological polar surface area (TPSA) is 70.0 Å². The number of carboxylic acid groups (broad SMARTS) is 1. The molecule has 0 saturated carbocycles. The van der Waals surface area contributed by atoms with E-state index >= 15 is 0 Å². The van der Waals surface area contributed by atoms with Crippen molar-refractivity contribution in [3.8, 4) is 0 Å². The van der Waals surface area contributed by atoms with Gasteiger partial charge < -0.3 is 5.11 Å². The monoisotopic (exact) mass is 402 g/mol. The molecule has 3 aromatic rings. The third-order valence-corrected chi connectivity index (χ3v) is 5.12. The quantitative estimate of drug-likeness (QED) is 0.591. The first-order chi connectivity index (χ1) is 14.5. The minimum atomic E-state index is -1.17. The molecule has 5 nitrogen and oxygen atoms in total. The molecule has 6 heteroatoms. The first-order valence-electron chi connectivity index (χ1n) is 9.52. The van der Waals surface area contributed by atoms with Crippen LogP contribution in [0.25, 0.3) is 0 Å². The summed E-state index contributed by atoms with van der Waals surface area (Å²) in [5, 5.41) is 9.98. The van der Waals surface area contributed by atoms with Crippen molar-refractivity contribution in [3.63, 3.8) is 0 Å². The van der Waals surface area contributed by atoms with Crippen molar-refractivity contribution >= 4 is 17.7 Å². The van der Waals surface area contributed by atoms with Gasteiger partial charge >= 0.3 is 6.09 Å². The summed E-state index contributed by atoms with van der Waals surface area (Å²) in [4.78, 5) is 30.8. The molecule has 1 aliphatic heterocycles. The van der Waals surface area contributed by atoms with E-state index in [4.69, 9.17) is 0 Å². The maximum Gasteiger partial charge on any atom is 0.413 e. The second kappa shape index (κ2) is 8.29. The van der Waals surface area contributed by atoms with Crippen LogP contribution >= 0.6 is 0 Å². The molecule has 4 rings (SSSR count). The molecular weight excluding hydrogens is 383 g/mol. The fraction of sp³-hybridized carbons (Fsp3) is 0.125. The van der Waals surface area contributed by atoms with Crippen LogP contribution in [0, 0.1) is 5.82 Å². The Hall–Kier alpha value is -3.80. The van der Waals surface area contributed by atoms with Gasteiger partial charge in [0.25, 0.3) is 0 Å². The van der Waals surface area contributed by atoms with Crippen molar-refractivity contribution in [1.82, 2.24) is 4.90 Å². The van der Waals surface area contributed by atoms with Gasteiger partial charge in [-0.15, -0.1) is 0 Å². The predicted molar refractivity (Wildman–Crippen MR) is 111 cm³/mol. The van der Waals surface area contributed by atoms with Crippen molar-refractivity contribution in [3.05, 3.63) is 107 Å². The first-order valence-corrected chi connectivity index (χ1v) is 9.52.